The Hall–Kier alpha value is -1.69. The lowest BCUT2D eigenvalue weighted by Crippen LogP contribution is -2.10. The van der Waals surface area contributed by atoms with Crippen molar-refractivity contribution in [2.24, 2.45) is 0 Å². The molecule has 1 rings (SSSR count). The number of ether oxygens (including phenoxy) is 1. The third-order valence-electron chi connectivity index (χ3n) is 2.35. The average Bonchev–Trinajstić information content (AvgIpc) is 2.33. The van der Waals surface area contributed by atoms with E-state index in [0.29, 0.717) is 12.8 Å². The molecule has 0 aliphatic heterocycles. The van der Waals surface area contributed by atoms with Gasteiger partial charge in [0.05, 0.1) is 12.2 Å². The van der Waals surface area contributed by atoms with Gasteiger partial charge >= 0.3 is 5.97 Å². The summed E-state index contributed by atoms with van der Waals surface area (Å²) in [4.78, 5) is 11.5. The Labute approximate surface area is 103 Å². The van der Waals surface area contributed by atoms with Crippen LogP contribution in [0.2, 0.25) is 0 Å². The molecule has 0 amide bonds. The zero-order chi connectivity index (χ0) is 13.5. The van der Waals surface area contributed by atoms with Crippen molar-refractivity contribution in [1.29, 1.82) is 0 Å². The molecule has 3 N–H and O–H groups in total. The van der Waals surface area contributed by atoms with Crippen molar-refractivity contribution in [3.63, 3.8) is 0 Å². The van der Waals surface area contributed by atoms with E-state index >= 15 is 0 Å². The molecule has 1 aromatic carbocycles. The van der Waals surface area contributed by atoms with Gasteiger partial charge in [-0.05, 0) is 25.3 Å². The van der Waals surface area contributed by atoms with E-state index < -0.39 is 17.6 Å². The Bertz CT molecular complexity index is 424. The van der Waals surface area contributed by atoms with Gasteiger partial charge in [-0.1, -0.05) is 0 Å². The van der Waals surface area contributed by atoms with Crippen molar-refractivity contribution in [2.75, 3.05) is 18.9 Å². The number of unbranched alkanes of at least 4 members (excludes halogenated alkanes) is 2. The molecule has 0 atom stereocenters. The number of nitrogen functional groups attached to an aromatic ring is 1. The highest BCUT2D eigenvalue weighted by Gasteiger charge is 2.15. The van der Waals surface area contributed by atoms with Gasteiger partial charge < -0.3 is 15.6 Å². The predicted molar refractivity (Wildman–Crippen MR) is 62.0 cm³/mol. The Morgan fingerprint density at radius 2 is 1.89 bits per heavy atom. The Balaban J connectivity index is 2.54. The molecule has 0 spiro atoms. The monoisotopic (exact) mass is 259 g/mol. The zero-order valence-electron chi connectivity index (χ0n) is 9.79. The normalized spacial score (nSPS) is 10.4. The van der Waals surface area contributed by atoms with Gasteiger partial charge in [-0.25, -0.2) is 13.6 Å². The first-order chi connectivity index (χ1) is 8.56. The summed E-state index contributed by atoms with van der Waals surface area (Å²) in [6, 6.07) is 1.47. The van der Waals surface area contributed by atoms with E-state index in [2.05, 4.69) is 0 Å². The fourth-order valence-electron chi connectivity index (χ4n) is 1.37. The van der Waals surface area contributed by atoms with E-state index in [1.807, 2.05) is 0 Å². The quantitative estimate of drug-likeness (QED) is 0.464. The van der Waals surface area contributed by atoms with Crippen LogP contribution >= 0.6 is 0 Å². The van der Waals surface area contributed by atoms with E-state index in [1.165, 1.54) is 0 Å². The molecule has 4 nitrogen and oxygen atoms in total. The largest absolute Gasteiger partial charge is 0.462 e. The maximum Gasteiger partial charge on any atom is 0.340 e. The summed E-state index contributed by atoms with van der Waals surface area (Å²) in [5.74, 6) is -3.03. The SMILES string of the molecule is Nc1cc(F)c(F)cc1C(=O)OCCCCCO. The highest BCUT2D eigenvalue weighted by molar-refractivity contribution is 5.95. The number of halogens is 2. The standard InChI is InChI=1S/C12H15F2NO3/c13-9-6-8(11(15)7-10(9)14)12(17)18-5-3-1-2-4-16/h6-7,16H,1-5,15H2. The second-order valence-electron chi connectivity index (χ2n) is 3.77. The number of aliphatic hydroxyl groups is 1. The summed E-state index contributed by atoms with van der Waals surface area (Å²) in [5.41, 5.74) is 5.06. The number of aliphatic hydroxyl groups excluding tert-OH is 1. The molecule has 0 aliphatic carbocycles. The number of benzene rings is 1. The van der Waals surface area contributed by atoms with Crippen LogP contribution in [-0.2, 0) is 4.74 Å². The molecule has 0 saturated carbocycles. The summed E-state index contributed by atoms with van der Waals surface area (Å²) < 4.78 is 30.6. The van der Waals surface area contributed by atoms with Crippen molar-refractivity contribution in [3.05, 3.63) is 29.3 Å². The summed E-state index contributed by atoms with van der Waals surface area (Å²) >= 11 is 0. The number of anilines is 1. The minimum Gasteiger partial charge on any atom is -0.462 e. The second kappa shape index (κ2) is 6.90. The van der Waals surface area contributed by atoms with Gasteiger partial charge in [0.15, 0.2) is 11.6 Å². The predicted octanol–water partition coefficient (Wildman–Crippen LogP) is 1.87. The van der Waals surface area contributed by atoms with Crippen LogP contribution in [0.3, 0.4) is 0 Å². The Kier molecular flexibility index (Phi) is 5.51. The number of hydrogen-bond acceptors (Lipinski definition) is 4. The smallest absolute Gasteiger partial charge is 0.340 e. The first-order valence-electron chi connectivity index (χ1n) is 5.58. The second-order valence-corrected chi connectivity index (χ2v) is 3.77. The minimum absolute atomic E-state index is 0.0874. The summed E-state index contributed by atoms with van der Waals surface area (Å²) in [6.45, 7) is 0.237. The maximum absolute atomic E-state index is 12.9. The highest BCUT2D eigenvalue weighted by Crippen LogP contribution is 2.18. The molecule has 0 aliphatic rings. The first kappa shape index (κ1) is 14.4. The van der Waals surface area contributed by atoms with Gasteiger partial charge in [0.25, 0.3) is 0 Å². The highest BCUT2D eigenvalue weighted by atomic mass is 19.2. The van der Waals surface area contributed by atoms with Crippen LogP contribution in [0.25, 0.3) is 0 Å². The van der Waals surface area contributed by atoms with Crippen LogP contribution in [0, 0.1) is 11.6 Å². The maximum atomic E-state index is 12.9. The van der Waals surface area contributed by atoms with Crippen molar-refractivity contribution in [1.82, 2.24) is 0 Å². The molecule has 0 bridgehead atoms. The van der Waals surface area contributed by atoms with Crippen LogP contribution < -0.4 is 5.73 Å². The Morgan fingerprint density at radius 3 is 2.56 bits per heavy atom. The van der Waals surface area contributed by atoms with Crippen molar-refractivity contribution < 1.29 is 23.4 Å². The van der Waals surface area contributed by atoms with Gasteiger partial charge in [-0.15, -0.1) is 0 Å². The van der Waals surface area contributed by atoms with Gasteiger partial charge in [0.2, 0.25) is 0 Å². The lowest BCUT2D eigenvalue weighted by atomic mass is 10.1. The van der Waals surface area contributed by atoms with Crippen LogP contribution in [0.4, 0.5) is 14.5 Å². The van der Waals surface area contributed by atoms with Gasteiger partial charge in [0, 0.05) is 18.4 Å². The van der Waals surface area contributed by atoms with E-state index in [-0.39, 0.29) is 24.5 Å². The number of nitrogens with two attached hydrogens (primary N) is 1. The molecule has 1 aromatic rings. The fraction of sp³-hybridized carbons (Fsp3) is 0.417. The Morgan fingerprint density at radius 1 is 1.22 bits per heavy atom. The van der Waals surface area contributed by atoms with E-state index in [4.69, 9.17) is 15.6 Å². The molecular weight excluding hydrogens is 244 g/mol. The zero-order valence-corrected chi connectivity index (χ0v) is 9.79. The van der Waals surface area contributed by atoms with Crippen LogP contribution in [0.15, 0.2) is 12.1 Å². The molecular formula is C12H15F2NO3. The van der Waals surface area contributed by atoms with Gasteiger partial charge in [-0.3, -0.25) is 0 Å². The molecule has 6 heteroatoms. The van der Waals surface area contributed by atoms with Gasteiger partial charge in [0.1, 0.15) is 0 Å². The van der Waals surface area contributed by atoms with Crippen molar-refractivity contribution in [3.8, 4) is 0 Å². The van der Waals surface area contributed by atoms with Crippen LogP contribution in [0.5, 0.6) is 0 Å². The molecule has 0 fully saturated rings. The number of carbonyl (C=O) groups excluding carboxylic acids is 1. The summed E-state index contributed by atoms with van der Waals surface area (Å²) in [5, 5.41) is 8.54. The molecule has 18 heavy (non-hydrogen) atoms. The molecule has 0 unspecified atom stereocenters. The third-order valence-corrected chi connectivity index (χ3v) is 2.35. The number of esters is 1. The number of rotatable bonds is 6. The van der Waals surface area contributed by atoms with Crippen LogP contribution in [-0.4, -0.2) is 24.3 Å². The minimum atomic E-state index is -1.14. The first-order valence-corrected chi connectivity index (χ1v) is 5.58. The number of hydrogen-bond donors (Lipinski definition) is 2. The topological polar surface area (TPSA) is 72.6 Å². The molecule has 100 valence electrons. The molecule has 0 heterocycles. The summed E-state index contributed by atoms with van der Waals surface area (Å²) in [7, 11) is 0. The number of carbonyl (C=O) groups is 1. The molecule has 0 saturated heterocycles. The van der Waals surface area contributed by atoms with Crippen molar-refractivity contribution in [2.45, 2.75) is 19.3 Å². The van der Waals surface area contributed by atoms with E-state index in [0.717, 1.165) is 18.6 Å². The van der Waals surface area contributed by atoms with Gasteiger partial charge in [-0.2, -0.15) is 0 Å². The van der Waals surface area contributed by atoms with Crippen molar-refractivity contribution >= 4 is 11.7 Å². The molecule has 0 radical (unpaired) electrons. The van der Waals surface area contributed by atoms with E-state index in [9.17, 15) is 13.6 Å². The average molecular weight is 259 g/mol. The third kappa shape index (κ3) is 3.96. The van der Waals surface area contributed by atoms with Crippen LogP contribution in [0.1, 0.15) is 29.6 Å². The fourth-order valence-corrected chi connectivity index (χ4v) is 1.37. The molecule has 0 aromatic heterocycles. The van der Waals surface area contributed by atoms with E-state index in [1.54, 1.807) is 0 Å². The lowest BCUT2D eigenvalue weighted by Gasteiger charge is -2.07. The summed E-state index contributed by atoms with van der Waals surface area (Å²) in [6.07, 6.45) is 1.94. The lowest BCUT2D eigenvalue weighted by molar-refractivity contribution is 0.0497.